The number of rotatable bonds is 9. The van der Waals surface area contributed by atoms with E-state index in [1.165, 1.54) is 0 Å². The predicted octanol–water partition coefficient (Wildman–Crippen LogP) is 7.62. The maximum atomic E-state index is 13.6. The molecular formula is C25H50O3. The van der Waals surface area contributed by atoms with Gasteiger partial charge in [0.05, 0.1) is 12.0 Å². The van der Waals surface area contributed by atoms with Gasteiger partial charge in [0.25, 0.3) is 0 Å². The molecule has 0 rings (SSSR count). The molecule has 0 saturated carbocycles. The van der Waals surface area contributed by atoms with Crippen molar-refractivity contribution in [1.29, 1.82) is 0 Å². The molecule has 0 aliphatic carbocycles. The Morgan fingerprint density at radius 1 is 0.750 bits per heavy atom. The van der Waals surface area contributed by atoms with Gasteiger partial charge in [-0.3, -0.25) is 4.79 Å². The van der Waals surface area contributed by atoms with Crippen LogP contribution in [0.1, 0.15) is 116 Å². The molecule has 0 bridgehead atoms. The van der Waals surface area contributed by atoms with Crippen molar-refractivity contribution in [2.75, 3.05) is 6.61 Å². The van der Waals surface area contributed by atoms with Crippen LogP contribution in [0, 0.1) is 27.1 Å². The molecule has 0 N–H and O–H groups in total. The molecule has 0 aliphatic heterocycles. The van der Waals surface area contributed by atoms with Crippen LogP contribution in [0.2, 0.25) is 0 Å². The molecule has 28 heavy (non-hydrogen) atoms. The standard InChI is InChI=1S/C25H50O3/c1-14-24(12,15-2)25(13,17-22(6,7)8)20(26)28-19(16-21(3,4)5)27-18-23(9,10)11/h19H,14-18H2,1-13H3. The van der Waals surface area contributed by atoms with Crippen molar-refractivity contribution in [3.8, 4) is 0 Å². The molecule has 0 aromatic rings. The maximum absolute atomic E-state index is 13.6. The van der Waals surface area contributed by atoms with E-state index in [2.05, 4.69) is 90.0 Å². The molecule has 168 valence electrons. The van der Waals surface area contributed by atoms with E-state index in [9.17, 15) is 4.79 Å². The molecule has 3 nitrogen and oxygen atoms in total. The molecule has 0 amide bonds. The number of hydrogen-bond donors (Lipinski definition) is 0. The van der Waals surface area contributed by atoms with Crippen LogP contribution in [0.15, 0.2) is 0 Å². The summed E-state index contributed by atoms with van der Waals surface area (Å²) in [6.45, 7) is 28.7. The average Bonchev–Trinajstić information content (AvgIpc) is 2.47. The number of carbonyl (C=O) groups excluding carboxylic acids is 1. The zero-order chi connectivity index (χ0) is 22.6. The maximum Gasteiger partial charge on any atom is 0.314 e. The third-order valence-electron chi connectivity index (χ3n) is 5.95. The summed E-state index contributed by atoms with van der Waals surface area (Å²) in [6.07, 6.45) is 2.85. The van der Waals surface area contributed by atoms with Crippen molar-refractivity contribution in [3.05, 3.63) is 0 Å². The highest BCUT2D eigenvalue weighted by atomic mass is 16.7. The van der Waals surface area contributed by atoms with Crippen molar-refractivity contribution in [2.45, 2.75) is 122 Å². The van der Waals surface area contributed by atoms with Crippen molar-refractivity contribution >= 4 is 5.97 Å². The Morgan fingerprint density at radius 2 is 1.21 bits per heavy atom. The Hall–Kier alpha value is -0.570. The summed E-state index contributed by atoms with van der Waals surface area (Å²) in [7, 11) is 0. The number of ether oxygens (including phenoxy) is 2. The fraction of sp³-hybridized carbons (Fsp3) is 0.960. The first-order valence-corrected chi connectivity index (χ1v) is 11.1. The van der Waals surface area contributed by atoms with Crippen LogP contribution in [-0.2, 0) is 14.3 Å². The zero-order valence-electron chi connectivity index (χ0n) is 21.3. The number of esters is 1. The molecule has 2 unspecified atom stereocenters. The Balaban J connectivity index is 5.79. The minimum absolute atomic E-state index is 0.0159. The highest BCUT2D eigenvalue weighted by molar-refractivity contribution is 5.77. The zero-order valence-corrected chi connectivity index (χ0v) is 21.3. The van der Waals surface area contributed by atoms with Gasteiger partial charge in [0, 0.05) is 6.42 Å². The van der Waals surface area contributed by atoms with Crippen LogP contribution < -0.4 is 0 Å². The summed E-state index contributed by atoms with van der Waals surface area (Å²) in [5, 5.41) is 0. The first-order valence-electron chi connectivity index (χ1n) is 11.1. The molecule has 0 spiro atoms. The summed E-state index contributed by atoms with van der Waals surface area (Å²) in [4.78, 5) is 13.6. The SMILES string of the molecule is CCC(C)(CC)C(C)(CC(C)(C)C)C(=O)OC(CC(C)(C)C)OCC(C)(C)C. The van der Waals surface area contributed by atoms with E-state index in [4.69, 9.17) is 9.47 Å². The molecule has 0 aromatic carbocycles. The third kappa shape index (κ3) is 8.84. The Kier molecular flexibility index (Phi) is 9.30. The van der Waals surface area contributed by atoms with Gasteiger partial charge in [0.1, 0.15) is 0 Å². The lowest BCUT2D eigenvalue weighted by atomic mass is 9.57. The van der Waals surface area contributed by atoms with E-state index < -0.39 is 11.7 Å². The minimum Gasteiger partial charge on any atom is -0.435 e. The van der Waals surface area contributed by atoms with Crippen LogP contribution in [0.4, 0.5) is 0 Å². The lowest BCUT2D eigenvalue weighted by Gasteiger charge is -2.47. The van der Waals surface area contributed by atoms with Gasteiger partial charge in [-0.1, -0.05) is 83.1 Å². The fourth-order valence-corrected chi connectivity index (χ4v) is 3.85. The second-order valence-electron chi connectivity index (χ2n) is 12.8. The summed E-state index contributed by atoms with van der Waals surface area (Å²) < 4.78 is 12.2. The molecular weight excluding hydrogens is 348 g/mol. The first kappa shape index (κ1) is 27.4. The minimum atomic E-state index is -0.560. The second-order valence-corrected chi connectivity index (χ2v) is 12.8. The van der Waals surface area contributed by atoms with Crippen LogP contribution in [0.25, 0.3) is 0 Å². The van der Waals surface area contributed by atoms with E-state index in [-0.39, 0.29) is 27.6 Å². The highest BCUT2D eigenvalue weighted by Crippen LogP contribution is 2.52. The van der Waals surface area contributed by atoms with Crippen molar-refractivity contribution in [2.24, 2.45) is 27.1 Å². The summed E-state index contributed by atoms with van der Waals surface area (Å²) in [5.74, 6) is -0.114. The van der Waals surface area contributed by atoms with Gasteiger partial charge in [0.15, 0.2) is 0 Å². The molecule has 0 heterocycles. The predicted molar refractivity (Wildman–Crippen MR) is 120 cm³/mol. The number of hydrogen-bond acceptors (Lipinski definition) is 3. The van der Waals surface area contributed by atoms with E-state index >= 15 is 0 Å². The second kappa shape index (κ2) is 9.49. The molecule has 0 fully saturated rings. The van der Waals surface area contributed by atoms with Gasteiger partial charge in [-0.25, -0.2) is 0 Å². The summed E-state index contributed by atoms with van der Waals surface area (Å²) >= 11 is 0. The van der Waals surface area contributed by atoms with E-state index in [0.717, 1.165) is 19.3 Å². The van der Waals surface area contributed by atoms with Crippen LogP contribution in [0.5, 0.6) is 0 Å². The molecule has 3 heteroatoms. The Morgan fingerprint density at radius 3 is 1.54 bits per heavy atom. The molecule has 0 aliphatic rings. The van der Waals surface area contributed by atoms with E-state index in [1.807, 2.05) is 0 Å². The largest absolute Gasteiger partial charge is 0.435 e. The quantitative estimate of drug-likeness (QED) is 0.296. The Labute approximate surface area is 176 Å². The van der Waals surface area contributed by atoms with E-state index in [0.29, 0.717) is 13.0 Å². The smallest absolute Gasteiger partial charge is 0.314 e. The molecule has 0 aromatic heterocycles. The van der Waals surface area contributed by atoms with Crippen molar-refractivity contribution < 1.29 is 14.3 Å². The molecule has 0 saturated heterocycles. The lowest BCUT2D eigenvalue weighted by Crippen LogP contribution is -2.48. The van der Waals surface area contributed by atoms with Crippen LogP contribution >= 0.6 is 0 Å². The molecule has 2 atom stereocenters. The van der Waals surface area contributed by atoms with Gasteiger partial charge in [-0.05, 0) is 47.8 Å². The fourth-order valence-electron chi connectivity index (χ4n) is 3.85. The van der Waals surface area contributed by atoms with Gasteiger partial charge in [0.2, 0.25) is 6.29 Å². The van der Waals surface area contributed by atoms with Crippen LogP contribution in [-0.4, -0.2) is 18.9 Å². The lowest BCUT2D eigenvalue weighted by molar-refractivity contribution is -0.209. The summed E-state index contributed by atoms with van der Waals surface area (Å²) in [6, 6.07) is 0. The number of carbonyl (C=O) groups is 1. The monoisotopic (exact) mass is 398 g/mol. The van der Waals surface area contributed by atoms with Crippen molar-refractivity contribution in [1.82, 2.24) is 0 Å². The highest BCUT2D eigenvalue weighted by Gasteiger charge is 2.51. The first-order chi connectivity index (χ1) is 12.3. The normalized spacial score (nSPS) is 17.2. The van der Waals surface area contributed by atoms with Crippen molar-refractivity contribution in [3.63, 3.8) is 0 Å². The van der Waals surface area contributed by atoms with Gasteiger partial charge < -0.3 is 9.47 Å². The van der Waals surface area contributed by atoms with Crippen LogP contribution in [0.3, 0.4) is 0 Å². The average molecular weight is 399 g/mol. The third-order valence-corrected chi connectivity index (χ3v) is 5.95. The van der Waals surface area contributed by atoms with Gasteiger partial charge in [-0.15, -0.1) is 0 Å². The van der Waals surface area contributed by atoms with Gasteiger partial charge >= 0.3 is 5.97 Å². The van der Waals surface area contributed by atoms with Gasteiger partial charge in [-0.2, -0.15) is 0 Å². The summed E-state index contributed by atoms with van der Waals surface area (Å²) in [5.41, 5.74) is -0.602. The topological polar surface area (TPSA) is 35.5 Å². The molecule has 0 radical (unpaired) electrons. The Bertz CT molecular complexity index is 483. The van der Waals surface area contributed by atoms with E-state index in [1.54, 1.807) is 0 Å².